The summed E-state index contributed by atoms with van der Waals surface area (Å²) in [6.07, 6.45) is 1.93. The van der Waals surface area contributed by atoms with Gasteiger partial charge in [0.1, 0.15) is 29.8 Å². The lowest BCUT2D eigenvalue weighted by molar-refractivity contribution is -0.393. The number of nitrogens with one attached hydrogen (secondary N) is 1. The fourth-order valence-electron chi connectivity index (χ4n) is 2.81. The number of ether oxygens (including phenoxy) is 1. The molecule has 1 atom stereocenters. The van der Waals surface area contributed by atoms with Gasteiger partial charge < -0.3 is 4.74 Å². The van der Waals surface area contributed by atoms with Gasteiger partial charge in [0.15, 0.2) is 0 Å². The Bertz CT molecular complexity index is 1170. The molecule has 0 amide bonds. The fraction of sp³-hybridized carbons (Fsp3) is 0.250. The minimum absolute atomic E-state index is 0.0174. The number of hydrazone groups is 1. The predicted molar refractivity (Wildman–Crippen MR) is 121 cm³/mol. The van der Waals surface area contributed by atoms with Gasteiger partial charge in [-0.25, -0.2) is 9.67 Å². The Balaban J connectivity index is 2.03. The maximum absolute atomic E-state index is 11.5. The van der Waals surface area contributed by atoms with Crippen molar-refractivity contribution >= 4 is 34.4 Å². The van der Waals surface area contributed by atoms with Crippen LogP contribution in [0.4, 0.5) is 17.1 Å². The maximum atomic E-state index is 11.5. The van der Waals surface area contributed by atoms with Gasteiger partial charge in [0, 0.05) is 16.5 Å². The number of benzene rings is 2. The number of aromatic nitrogens is 3. The average molecular weight is 474 g/mol. The molecule has 3 aromatic rings. The van der Waals surface area contributed by atoms with Crippen molar-refractivity contribution in [2.45, 2.75) is 27.0 Å². The van der Waals surface area contributed by atoms with E-state index in [0.717, 1.165) is 12.1 Å². The molecule has 13 heteroatoms. The number of anilines is 1. The third-order valence-corrected chi connectivity index (χ3v) is 4.68. The zero-order valence-electron chi connectivity index (χ0n) is 17.9. The lowest BCUT2D eigenvalue weighted by atomic mass is 9.89. The quantitative estimate of drug-likeness (QED) is 0.277. The molecule has 3 rings (SSSR count). The summed E-state index contributed by atoms with van der Waals surface area (Å²) in [5, 5.41) is 31.6. The predicted octanol–water partition coefficient (Wildman–Crippen LogP) is 4.84. The van der Waals surface area contributed by atoms with Crippen LogP contribution in [0, 0.1) is 25.6 Å². The van der Waals surface area contributed by atoms with E-state index in [0.29, 0.717) is 16.5 Å². The van der Waals surface area contributed by atoms with Crippen molar-refractivity contribution in [1.29, 1.82) is 0 Å². The molecule has 0 fully saturated rings. The second-order valence-electron chi connectivity index (χ2n) is 7.87. The Morgan fingerprint density at radius 3 is 2.39 bits per heavy atom. The molecule has 0 radical (unpaired) electrons. The summed E-state index contributed by atoms with van der Waals surface area (Å²) in [4.78, 5) is 25.0. The third-order valence-electron chi connectivity index (χ3n) is 4.43. The van der Waals surface area contributed by atoms with Gasteiger partial charge in [-0.2, -0.15) is 10.2 Å². The Morgan fingerprint density at radius 1 is 1.15 bits per heavy atom. The molecule has 0 aliphatic rings. The maximum Gasteiger partial charge on any atom is 0.301 e. The molecule has 172 valence electrons. The van der Waals surface area contributed by atoms with Gasteiger partial charge in [-0.1, -0.05) is 32.4 Å². The smallest absolute Gasteiger partial charge is 0.301 e. The fourth-order valence-corrected chi connectivity index (χ4v) is 2.93. The minimum Gasteiger partial charge on any atom is -0.463 e. The van der Waals surface area contributed by atoms with Gasteiger partial charge in [0.25, 0.3) is 5.69 Å². The van der Waals surface area contributed by atoms with E-state index in [1.807, 2.05) is 20.8 Å². The standard InChI is InChI=1S/C20H20ClN7O5/c1-20(2,3)18(25-24-16-9-6-14(27(29)30)10-17(16)28(31)32)19(26-12-22-11-23-26)33-15-7-4-13(21)5-8-15/h4-12,19,24H,1-3H3/b25-18-. The normalized spacial score (nSPS) is 12.8. The summed E-state index contributed by atoms with van der Waals surface area (Å²) in [6, 6.07) is 9.95. The van der Waals surface area contributed by atoms with E-state index in [-0.39, 0.29) is 5.69 Å². The van der Waals surface area contributed by atoms with E-state index in [4.69, 9.17) is 16.3 Å². The van der Waals surface area contributed by atoms with Gasteiger partial charge in [-0.05, 0) is 30.3 Å². The van der Waals surface area contributed by atoms with Crippen LogP contribution in [0.25, 0.3) is 0 Å². The molecule has 0 aliphatic heterocycles. The molecule has 0 saturated heterocycles. The Kier molecular flexibility index (Phi) is 6.87. The van der Waals surface area contributed by atoms with Crippen LogP contribution in [0.5, 0.6) is 5.75 Å². The van der Waals surface area contributed by atoms with Crippen LogP contribution in [0.2, 0.25) is 5.02 Å². The number of hydrogen-bond acceptors (Lipinski definition) is 9. The van der Waals surface area contributed by atoms with E-state index >= 15 is 0 Å². The summed E-state index contributed by atoms with van der Waals surface area (Å²) in [6.45, 7) is 5.65. The lowest BCUT2D eigenvalue weighted by Crippen LogP contribution is -2.35. The number of nitrogens with zero attached hydrogens (tertiary/aromatic N) is 6. The molecular formula is C20H20ClN7O5. The van der Waals surface area contributed by atoms with Crippen molar-refractivity contribution in [3.63, 3.8) is 0 Å². The number of nitro benzene ring substituents is 2. The van der Waals surface area contributed by atoms with Crippen LogP contribution in [0.1, 0.15) is 27.0 Å². The highest BCUT2D eigenvalue weighted by Crippen LogP contribution is 2.31. The Labute approximate surface area is 193 Å². The van der Waals surface area contributed by atoms with Crippen LogP contribution in [-0.2, 0) is 0 Å². The highest BCUT2D eigenvalue weighted by molar-refractivity contribution is 6.30. The molecule has 1 aromatic heterocycles. The minimum atomic E-state index is -0.863. The Hall–Kier alpha value is -4.06. The van der Waals surface area contributed by atoms with E-state index in [9.17, 15) is 20.2 Å². The molecule has 1 N–H and O–H groups in total. The van der Waals surface area contributed by atoms with Crippen LogP contribution >= 0.6 is 11.6 Å². The number of rotatable bonds is 8. The van der Waals surface area contributed by atoms with Gasteiger partial charge in [0.05, 0.1) is 15.9 Å². The van der Waals surface area contributed by atoms with Crippen molar-refractivity contribution in [2.75, 3.05) is 5.43 Å². The summed E-state index contributed by atoms with van der Waals surface area (Å²) in [7, 11) is 0. The molecule has 1 heterocycles. The van der Waals surface area contributed by atoms with Crippen molar-refractivity contribution in [2.24, 2.45) is 10.5 Å². The molecule has 33 heavy (non-hydrogen) atoms. The second-order valence-corrected chi connectivity index (χ2v) is 8.31. The summed E-state index contributed by atoms with van der Waals surface area (Å²) in [5.74, 6) is 0.484. The average Bonchev–Trinajstić information content (AvgIpc) is 3.28. The van der Waals surface area contributed by atoms with E-state index in [2.05, 4.69) is 20.6 Å². The molecule has 1 unspecified atom stereocenters. The number of halogens is 1. The second kappa shape index (κ2) is 9.61. The number of hydrogen-bond donors (Lipinski definition) is 1. The first-order chi connectivity index (χ1) is 15.6. The summed E-state index contributed by atoms with van der Waals surface area (Å²) < 4.78 is 7.58. The SMILES string of the molecule is CC(C)(C)/C(=N\Nc1ccc([N+](=O)[O-])cc1[N+](=O)[O-])C(Oc1ccc(Cl)cc1)n1cncn1. The molecular weight excluding hydrogens is 454 g/mol. The first-order valence-corrected chi connectivity index (χ1v) is 9.97. The zero-order chi connectivity index (χ0) is 24.2. The topological polar surface area (TPSA) is 151 Å². The molecule has 0 saturated carbocycles. The van der Waals surface area contributed by atoms with Gasteiger partial charge >= 0.3 is 5.69 Å². The van der Waals surface area contributed by atoms with Crippen LogP contribution in [-0.4, -0.2) is 30.3 Å². The first kappa shape index (κ1) is 23.6. The highest BCUT2D eigenvalue weighted by atomic mass is 35.5. The largest absolute Gasteiger partial charge is 0.463 e. The lowest BCUT2D eigenvalue weighted by Gasteiger charge is -2.29. The number of non-ortho nitro benzene ring substituents is 1. The summed E-state index contributed by atoms with van der Waals surface area (Å²) >= 11 is 5.96. The molecule has 12 nitrogen and oxygen atoms in total. The van der Waals surface area contributed by atoms with Crippen molar-refractivity contribution in [3.8, 4) is 5.75 Å². The number of nitro groups is 2. The van der Waals surface area contributed by atoms with Crippen molar-refractivity contribution in [1.82, 2.24) is 14.8 Å². The molecule has 0 aliphatic carbocycles. The molecule has 2 aromatic carbocycles. The summed E-state index contributed by atoms with van der Waals surface area (Å²) in [5.41, 5.74) is 1.59. The Morgan fingerprint density at radius 2 is 1.85 bits per heavy atom. The highest BCUT2D eigenvalue weighted by Gasteiger charge is 2.32. The van der Waals surface area contributed by atoms with Crippen molar-refractivity contribution in [3.05, 3.63) is 80.4 Å². The van der Waals surface area contributed by atoms with E-state index in [1.165, 1.54) is 23.4 Å². The van der Waals surface area contributed by atoms with Gasteiger partial charge in [-0.15, -0.1) is 0 Å². The van der Waals surface area contributed by atoms with Gasteiger partial charge in [-0.3, -0.25) is 25.7 Å². The van der Waals surface area contributed by atoms with Crippen LogP contribution in [0.15, 0.2) is 60.2 Å². The monoisotopic (exact) mass is 473 g/mol. The van der Waals surface area contributed by atoms with Crippen LogP contribution in [0.3, 0.4) is 0 Å². The van der Waals surface area contributed by atoms with Crippen molar-refractivity contribution < 1.29 is 14.6 Å². The van der Waals surface area contributed by atoms with Crippen LogP contribution < -0.4 is 10.2 Å². The zero-order valence-corrected chi connectivity index (χ0v) is 18.6. The van der Waals surface area contributed by atoms with Gasteiger partial charge in [0.2, 0.25) is 6.23 Å². The first-order valence-electron chi connectivity index (χ1n) is 9.59. The molecule has 0 bridgehead atoms. The van der Waals surface area contributed by atoms with E-state index in [1.54, 1.807) is 24.3 Å². The molecule has 0 spiro atoms. The van der Waals surface area contributed by atoms with E-state index < -0.39 is 32.9 Å². The third kappa shape index (κ3) is 5.80.